The van der Waals surface area contributed by atoms with Crippen LogP contribution in [-0.2, 0) is 5.41 Å². The van der Waals surface area contributed by atoms with E-state index in [0.717, 1.165) is 50.4 Å². The standard InChI is InChI=1S/C56H44N2O/c1-35-14-9-11-19-51(35)58(52-20-13-18-46-45-17-10-12-21-54(45)59-55(46)52)44-27-24-38-31-48-47-30-37-23-26-43(28-39(37)32-49(47)50(48)33-40(38)29-44)57(42-15-7-6-8-16-42)53-34-41(56(3,4)5)25-22-36(53)2/h6-34H,1-5H3. The first-order valence-corrected chi connectivity index (χ1v) is 20.6. The summed E-state index contributed by atoms with van der Waals surface area (Å²) in [6, 6.07) is 64.4. The van der Waals surface area contributed by atoms with Crippen molar-refractivity contribution in [2.75, 3.05) is 9.80 Å². The highest BCUT2D eigenvalue weighted by atomic mass is 16.3. The van der Waals surface area contributed by atoms with Crippen LogP contribution in [0.3, 0.4) is 0 Å². The Morgan fingerprint density at radius 2 is 0.949 bits per heavy atom. The normalized spacial score (nSPS) is 12.2. The van der Waals surface area contributed by atoms with Gasteiger partial charge in [0.15, 0.2) is 5.58 Å². The SMILES string of the molecule is Cc1ccc(C(C)(C)C)cc1N(c1ccccc1)c1ccc2cc3c(cc2c1)-c1cc2cc(N(c4ccccc4C)c4cccc5c4oc4ccccc45)ccc2cc1-3. The van der Waals surface area contributed by atoms with E-state index in [2.05, 4.69) is 214 Å². The second-order valence-electron chi connectivity index (χ2n) is 17.2. The molecule has 0 fully saturated rings. The largest absolute Gasteiger partial charge is 0.454 e. The quantitative estimate of drug-likeness (QED) is 0.168. The molecule has 1 aliphatic carbocycles. The minimum Gasteiger partial charge on any atom is -0.454 e. The lowest BCUT2D eigenvalue weighted by Crippen LogP contribution is -2.15. The second kappa shape index (κ2) is 13.2. The van der Waals surface area contributed by atoms with Crippen LogP contribution in [0.15, 0.2) is 180 Å². The Bertz CT molecular complexity index is 3290. The maximum atomic E-state index is 6.61. The van der Waals surface area contributed by atoms with Crippen LogP contribution in [0, 0.1) is 13.8 Å². The summed E-state index contributed by atoms with van der Waals surface area (Å²) in [6.45, 7) is 11.3. The van der Waals surface area contributed by atoms with Crippen molar-refractivity contribution >= 4 is 77.6 Å². The average molecular weight is 761 g/mol. The van der Waals surface area contributed by atoms with Gasteiger partial charge in [0.05, 0.1) is 5.69 Å². The van der Waals surface area contributed by atoms with Crippen molar-refractivity contribution in [3.63, 3.8) is 0 Å². The monoisotopic (exact) mass is 760 g/mol. The van der Waals surface area contributed by atoms with Crippen molar-refractivity contribution in [2.24, 2.45) is 0 Å². The Morgan fingerprint density at radius 3 is 1.63 bits per heavy atom. The highest BCUT2D eigenvalue weighted by Crippen LogP contribution is 2.52. The lowest BCUT2D eigenvalue weighted by Gasteiger charge is -2.30. The van der Waals surface area contributed by atoms with Gasteiger partial charge in [-0.3, -0.25) is 0 Å². The number of anilines is 6. The average Bonchev–Trinajstić information content (AvgIpc) is 3.63. The first-order valence-electron chi connectivity index (χ1n) is 20.6. The number of hydrogen-bond acceptors (Lipinski definition) is 3. The zero-order valence-electron chi connectivity index (χ0n) is 34.0. The third-order valence-electron chi connectivity index (χ3n) is 12.3. The Balaban J connectivity index is 1.02. The number of nitrogens with zero attached hydrogens (tertiary/aromatic N) is 2. The molecule has 0 unspecified atom stereocenters. The number of rotatable bonds is 6. The van der Waals surface area contributed by atoms with E-state index in [9.17, 15) is 0 Å². The molecule has 3 heteroatoms. The summed E-state index contributed by atoms with van der Waals surface area (Å²) in [4.78, 5) is 4.78. The number of fused-ring (bicyclic) bond motifs is 9. The number of hydrogen-bond donors (Lipinski definition) is 0. The van der Waals surface area contributed by atoms with Gasteiger partial charge in [-0.1, -0.05) is 112 Å². The molecular weight excluding hydrogens is 717 g/mol. The van der Waals surface area contributed by atoms with Crippen molar-refractivity contribution in [2.45, 2.75) is 40.0 Å². The molecule has 1 heterocycles. The molecule has 11 rings (SSSR count). The van der Waals surface area contributed by atoms with E-state index >= 15 is 0 Å². The van der Waals surface area contributed by atoms with Crippen LogP contribution < -0.4 is 9.80 Å². The fraction of sp³-hybridized carbons (Fsp3) is 0.107. The van der Waals surface area contributed by atoms with Gasteiger partial charge in [0.2, 0.25) is 0 Å². The molecule has 1 aliphatic rings. The number of aryl methyl sites for hydroxylation is 2. The van der Waals surface area contributed by atoms with Crippen molar-refractivity contribution < 1.29 is 4.42 Å². The fourth-order valence-corrected chi connectivity index (χ4v) is 9.13. The minimum atomic E-state index is 0.0379. The van der Waals surface area contributed by atoms with Crippen LogP contribution in [0.4, 0.5) is 34.1 Å². The van der Waals surface area contributed by atoms with Crippen LogP contribution in [0.5, 0.6) is 0 Å². The summed E-state index contributed by atoms with van der Waals surface area (Å²) >= 11 is 0. The van der Waals surface area contributed by atoms with Gasteiger partial charge in [-0.15, -0.1) is 0 Å². The Hall–Kier alpha value is -7.10. The molecule has 9 aromatic carbocycles. The van der Waals surface area contributed by atoms with Gasteiger partial charge >= 0.3 is 0 Å². The molecule has 0 saturated heterocycles. The molecule has 59 heavy (non-hydrogen) atoms. The van der Waals surface area contributed by atoms with Crippen LogP contribution >= 0.6 is 0 Å². The molecule has 0 aliphatic heterocycles. The summed E-state index contributed by atoms with van der Waals surface area (Å²) in [5.74, 6) is 0. The van der Waals surface area contributed by atoms with E-state index in [1.807, 2.05) is 6.07 Å². The number of furan rings is 1. The molecule has 0 spiro atoms. The second-order valence-corrected chi connectivity index (χ2v) is 17.2. The summed E-state index contributed by atoms with van der Waals surface area (Å²) in [5.41, 5.74) is 17.6. The summed E-state index contributed by atoms with van der Waals surface area (Å²) in [6.07, 6.45) is 0. The van der Waals surface area contributed by atoms with E-state index in [1.54, 1.807) is 0 Å². The lowest BCUT2D eigenvalue weighted by molar-refractivity contribution is 0.590. The van der Waals surface area contributed by atoms with Gasteiger partial charge in [0.25, 0.3) is 0 Å². The van der Waals surface area contributed by atoms with E-state index in [0.29, 0.717) is 0 Å². The lowest BCUT2D eigenvalue weighted by atomic mass is 9.78. The van der Waals surface area contributed by atoms with E-state index < -0.39 is 0 Å². The van der Waals surface area contributed by atoms with E-state index in [-0.39, 0.29) is 5.41 Å². The van der Waals surface area contributed by atoms with Crippen molar-refractivity contribution in [1.82, 2.24) is 0 Å². The van der Waals surface area contributed by atoms with Gasteiger partial charge in [0.1, 0.15) is 5.58 Å². The van der Waals surface area contributed by atoms with E-state index in [1.165, 1.54) is 66.2 Å². The first-order chi connectivity index (χ1) is 28.7. The van der Waals surface area contributed by atoms with Crippen molar-refractivity contribution in [3.8, 4) is 22.3 Å². The molecule has 0 N–H and O–H groups in total. The minimum absolute atomic E-state index is 0.0379. The molecule has 1 aromatic heterocycles. The molecular formula is C56H44N2O. The smallest absolute Gasteiger partial charge is 0.159 e. The molecule has 0 saturated carbocycles. The van der Waals surface area contributed by atoms with Crippen LogP contribution in [-0.4, -0.2) is 0 Å². The molecule has 284 valence electrons. The van der Waals surface area contributed by atoms with Gasteiger partial charge in [-0.05, 0) is 165 Å². The predicted octanol–water partition coefficient (Wildman–Crippen LogP) is 16.4. The topological polar surface area (TPSA) is 19.6 Å². The summed E-state index contributed by atoms with van der Waals surface area (Å²) in [7, 11) is 0. The number of benzene rings is 9. The molecule has 0 atom stereocenters. The Kier molecular flexibility index (Phi) is 7.87. The highest BCUT2D eigenvalue weighted by molar-refractivity contribution is 6.13. The molecule has 0 radical (unpaired) electrons. The van der Waals surface area contributed by atoms with Crippen molar-refractivity contribution in [3.05, 3.63) is 193 Å². The summed E-state index contributed by atoms with van der Waals surface area (Å²) < 4.78 is 6.61. The maximum absolute atomic E-state index is 6.61. The maximum Gasteiger partial charge on any atom is 0.159 e. The van der Waals surface area contributed by atoms with Crippen LogP contribution in [0.1, 0.15) is 37.5 Å². The molecule has 0 amide bonds. The molecule has 3 nitrogen and oxygen atoms in total. The fourth-order valence-electron chi connectivity index (χ4n) is 9.13. The third kappa shape index (κ3) is 5.72. The van der Waals surface area contributed by atoms with Gasteiger partial charge < -0.3 is 14.2 Å². The molecule has 10 aromatic rings. The van der Waals surface area contributed by atoms with Gasteiger partial charge in [0, 0.05) is 39.2 Å². The van der Waals surface area contributed by atoms with Gasteiger partial charge in [-0.2, -0.15) is 0 Å². The van der Waals surface area contributed by atoms with Crippen LogP contribution in [0.25, 0.3) is 65.7 Å². The van der Waals surface area contributed by atoms with Crippen molar-refractivity contribution in [1.29, 1.82) is 0 Å². The predicted molar refractivity (Wildman–Crippen MR) is 251 cm³/mol. The zero-order chi connectivity index (χ0) is 40.0. The Morgan fingerprint density at radius 1 is 0.390 bits per heavy atom. The Labute approximate surface area is 345 Å². The highest BCUT2D eigenvalue weighted by Gasteiger charge is 2.26. The van der Waals surface area contributed by atoms with Gasteiger partial charge in [-0.25, -0.2) is 0 Å². The zero-order valence-corrected chi connectivity index (χ0v) is 34.0. The third-order valence-corrected chi connectivity index (χ3v) is 12.3. The summed E-state index contributed by atoms with van der Waals surface area (Å²) in [5, 5.41) is 7.16. The molecule has 0 bridgehead atoms. The van der Waals surface area contributed by atoms with Crippen LogP contribution in [0.2, 0.25) is 0 Å². The first kappa shape index (κ1) is 35.1. The number of para-hydroxylation sites is 4. The van der Waals surface area contributed by atoms with E-state index in [4.69, 9.17) is 4.42 Å².